The summed E-state index contributed by atoms with van der Waals surface area (Å²) < 4.78 is 8.24. The zero-order chi connectivity index (χ0) is 25.1. The first-order chi connectivity index (χ1) is 16.2. The van der Waals surface area contributed by atoms with Gasteiger partial charge in [0.25, 0.3) is 5.56 Å². The van der Waals surface area contributed by atoms with Crippen LogP contribution >= 0.6 is 0 Å². The molecule has 9 heteroatoms. The fourth-order valence-corrected chi connectivity index (χ4v) is 3.78. The lowest BCUT2D eigenvalue weighted by Crippen LogP contribution is -2.41. The van der Waals surface area contributed by atoms with Crippen molar-refractivity contribution in [1.82, 2.24) is 14.3 Å². The molecular weight excluding hydrogens is 436 g/mol. The molecule has 188 valence electrons. The maximum absolute atomic E-state index is 12.5. The largest absolute Gasteiger partial charge is 0.478 e. The summed E-state index contributed by atoms with van der Waals surface area (Å²) in [5.74, 6) is -0.366. The van der Waals surface area contributed by atoms with Crippen LogP contribution in [0.4, 0.5) is 5.82 Å². The third-order valence-corrected chi connectivity index (χ3v) is 5.84. The predicted molar refractivity (Wildman–Crippen MR) is 133 cm³/mol. The van der Waals surface area contributed by atoms with E-state index in [1.54, 1.807) is 19.1 Å². The van der Waals surface area contributed by atoms with Crippen LogP contribution in [-0.4, -0.2) is 37.6 Å². The molecule has 0 aliphatic carbocycles. The number of carboxylic acid groups (broad SMARTS) is 1. The van der Waals surface area contributed by atoms with E-state index >= 15 is 0 Å². The summed E-state index contributed by atoms with van der Waals surface area (Å²) in [6.45, 7) is 6.55. The van der Waals surface area contributed by atoms with Crippen molar-refractivity contribution in [2.45, 2.75) is 84.3 Å². The number of benzene rings is 1. The number of aryl methyl sites for hydroxylation is 1. The Morgan fingerprint density at radius 2 is 1.88 bits per heavy atom. The van der Waals surface area contributed by atoms with Gasteiger partial charge in [0.1, 0.15) is 5.75 Å². The topological polar surface area (TPSA) is 115 Å². The molecule has 2 rings (SSSR count). The highest BCUT2D eigenvalue weighted by molar-refractivity contribution is 5.77. The number of carboxylic acids is 1. The average Bonchev–Trinajstić information content (AvgIpc) is 2.80. The number of rotatable bonds is 15. The second-order valence-electron chi connectivity index (χ2n) is 8.84. The van der Waals surface area contributed by atoms with Gasteiger partial charge in [-0.1, -0.05) is 58.1 Å². The molecule has 0 spiro atoms. The van der Waals surface area contributed by atoms with Crippen LogP contribution in [0.3, 0.4) is 0 Å². The molecule has 2 N–H and O–H groups in total. The van der Waals surface area contributed by atoms with E-state index in [0.29, 0.717) is 38.1 Å². The molecule has 34 heavy (non-hydrogen) atoms. The van der Waals surface area contributed by atoms with E-state index in [1.807, 2.05) is 19.1 Å². The van der Waals surface area contributed by atoms with Gasteiger partial charge >= 0.3 is 11.7 Å². The van der Waals surface area contributed by atoms with Crippen LogP contribution in [0, 0.1) is 0 Å². The van der Waals surface area contributed by atoms with Crippen molar-refractivity contribution in [2.75, 3.05) is 11.9 Å². The molecule has 1 aromatic carbocycles. The average molecular weight is 475 g/mol. The molecule has 0 amide bonds. The molecule has 1 unspecified atom stereocenters. The van der Waals surface area contributed by atoms with Crippen molar-refractivity contribution >= 4 is 11.8 Å². The lowest BCUT2D eigenvalue weighted by atomic mass is 10.0. The Kier molecular flexibility index (Phi) is 10.3. The van der Waals surface area contributed by atoms with E-state index in [9.17, 15) is 19.5 Å². The van der Waals surface area contributed by atoms with Gasteiger partial charge in [0.15, 0.2) is 0 Å². The summed E-state index contributed by atoms with van der Waals surface area (Å²) in [7, 11) is 1.46. The first-order valence-corrected chi connectivity index (χ1v) is 12.1. The fraction of sp³-hybridized carbons (Fsp3) is 0.600. The fourth-order valence-electron chi connectivity index (χ4n) is 3.78. The highest BCUT2D eigenvalue weighted by atomic mass is 16.5. The molecular formula is C25H38N4O5. The van der Waals surface area contributed by atoms with Crippen LogP contribution < -0.4 is 21.3 Å². The lowest BCUT2D eigenvalue weighted by Gasteiger charge is -2.26. The van der Waals surface area contributed by atoms with Crippen LogP contribution in [-0.2, 0) is 24.8 Å². The normalized spacial score (nSPS) is 12.8. The Morgan fingerprint density at radius 3 is 2.56 bits per heavy atom. The van der Waals surface area contributed by atoms with Gasteiger partial charge in [0.05, 0.1) is 0 Å². The molecule has 1 aromatic heterocycles. The van der Waals surface area contributed by atoms with E-state index in [1.165, 1.54) is 18.2 Å². The van der Waals surface area contributed by atoms with Gasteiger partial charge in [0.2, 0.25) is 11.4 Å². The van der Waals surface area contributed by atoms with Gasteiger partial charge in [0, 0.05) is 20.1 Å². The number of aromatic nitrogens is 3. The summed E-state index contributed by atoms with van der Waals surface area (Å²) in [6, 6.07) is 7.27. The highest BCUT2D eigenvalue weighted by Gasteiger charge is 2.34. The van der Waals surface area contributed by atoms with Gasteiger partial charge in [-0.15, -0.1) is 5.10 Å². The number of nitrogens with zero attached hydrogens (tertiary/aromatic N) is 3. The molecule has 0 saturated carbocycles. The Bertz CT molecular complexity index is 1060. The Morgan fingerprint density at radius 1 is 1.15 bits per heavy atom. The molecule has 1 heterocycles. The van der Waals surface area contributed by atoms with Crippen LogP contribution in [0.1, 0.15) is 71.3 Å². The second-order valence-corrected chi connectivity index (χ2v) is 8.84. The molecule has 1 atom stereocenters. The Hall–Kier alpha value is -3.10. The molecule has 2 aromatic rings. The van der Waals surface area contributed by atoms with Gasteiger partial charge in [-0.05, 0) is 43.9 Å². The van der Waals surface area contributed by atoms with Crippen LogP contribution in [0.2, 0.25) is 0 Å². The smallest absolute Gasteiger partial charge is 0.347 e. The molecule has 0 aliphatic rings. The number of unbranched alkanes of at least 4 members (excludes halogenated alkanes) is 4. The molecule has 0 bridgehead atoms. The maximum atomic E-state index is 12.5. The predicted octanol–water partition coefficient (Wildman–Crippen LogP) is 3.59. The van der Waals surface area contributed by atoms with E-state index in [2.05, 4.69) is 17.3 Å². The Labute approximate surface area is 200 Å². The van der Waals surface area contributed by atoms with Crippen molar-refractivity contribution < 1.29 is 14.6 Å². The number of aliphatic carboxylic acids is 1. The molecule has 9 nitrogen and oxygen atoms in total. The monoisotopic (exact) mass is 474 g/mol. The van der Waals surface area contributed by atoms with Crippen LogP contribution in [0.5, 0.6) is 5.75 Å². The molecule has 0 saturated heterocycles. The van der Waals surface area contributed by atoms with E-state index in [-0.39, 0.29) is 5.82 Å². The third-order valence-electron chi connectivity index (χ3n) is 5.84. The number of carbonyl (C=O) groups is 1. The van der Waals surface area contributed by atoms with Crippen molar-refractivity contribution in [3.8, 4) is 5.75 Å². The Balaban J connectivity index is 2.03. The zero-order valence-corrected chi connectivity index (χ0v) is 20.8. The van der Waals surface area contributed by atoms with Crippen LogP contribution in [0.15, 0.2) is 33.9 Å². The minimum absolute atomic E-state index is 0.143. The van der Waals surface area contributed by atoms with E-state index in [4.69, 9.17) is 4.74 Å². The summed E-state index contributed by atoms with van der Waals surface area (Å²) in [4.78, 5) is 36.5. The first kappa shape index (κ1) is 27.1. The summed E-state index contributed by atoms with van der Waals surface area (Å²) in [5.41, 5.74) is -1.23. The quantitative estimate of drug-likeness (QED) is 0.379. The lowest BCUT2D eigenvalue weighted by molar-refractivity contribution is -0.154. The minimum atomic E-state index is -1.29. The summed E-state index contributed by atoms with van der Waals surface area (Å²) >= 11 is 0. The maximum Gasteiger partial charge on any atom is 0.347 e. The summed E-state index contributed by atoms with van der Waals surface area (Å²) in [5, 5.41) is 16.9. The zero-order valence-electron chi connectivity index (χ0n) is 20.8. The van der Waals surface area contributed by atoms with Crippen molar-refractivity contribution in [2.24, 2.45) is 7.05 Å². The van der Waals surface area contributed by atoms with Crippen LogP contribution in [0.25, 0.3) is 0 Å². The third kappa shape index (κ3) is 7.46. The standard InChI is InChI=1S/C25H38N4O5/c1-5-7-8-9-10-17-29-24(33)28(4)22(30)21(27-29)26-16-14-19-12-11-13-20(18-19)34-25(3,15-6-2)23(31)32/h11-13,18H,5-10,14-17H2,1-4H3,(H,26,27)(H,31,32). The summed E-state index contributed by atoms with van der Waals surface area (Å²) in [6.07, 6.45) is 6.95. The number of hydrogen-bond acceptors (Lipinski definition) is 6. The number of ether oxygens (including phenoxy) is 1. The SMILES string of the molecule is CCCCCCCn1nc(NCCc2cccc(OC(C)(CCC)C(=O)O)c2)c(=O)n(C)c1=O. The van der Waals surface area contributed by atoms with Gasteiger partial charge in [-0.25, -0.2) is 14.3 Å². The number of nitrogens with one attached hydrogen (secondary N) is 1. The van der Waals surface area contributed by atoms with Crippen molar-refractivity contribution in [1.29, 1.82) is 0 Å². The van der Waals surface area contributed by atoms with Gasteiger partial charge in [-0.2, -0.15) is 0 Å². The van der Waals surface area contributed by atoms with E-state index < -0.39 is 22.8 Å². The van der Waals surface area contributed by atoms with Gasteiger partial charge < -0.3 is 15.2 Å². The number of anilines is 1. The van der Waals surface area contributed by atoms with Crippen molar-refractivity contribution in [3.63, 3.8) is 0 Å². The van der Waals surface area contributed by atoms with Gasteiger partial charge in [-0.3, -0.25) is 9.36 Å². The number of hydrogen-bond donors (Lipinski definition) is 2. The second kappa shape index (κ2) is 13.0. The van der Waals surface area contributed by atoms with Crippen molar-refractivity contribution in [3.05, 3.63) is 50.7 Å². The minimum Gasteiger partial charge on any atom is -0.478 e. The first-order valence-electron chi connectivity index (χ1n) is 12.1. The van der Waals surface area contributed by atoms with E-state index in [0.717, 1.165) is 35.8 Å². The molecule has 0 fully saturated rings. The molecule has 0 radical (unpaired) electrons. The molecule has 0 aliphatic heterocycles. The highest BCUT2D eigenvalue weighted by Crippen LogP contribution is 2.24.